The highest BCUT2D eigenvalue weighted by atomic mass is 32.1. The summed E-state index contributed by atoms with van der Waals surface area (Å²) in [6.07, 6.45) is 3.92. The number of carbonyl (C=O) groups is 1. The third kappa shape index (κ3) is 2.59. The standard InChI is InChI=1S/C13H16N4O2S/c18-12(16-5-7-19-8-6-16)2-4-17-11-1-3-14-9-10(11)15-13(17)20/h1,3,9H,2,4-8H2,(H,15,20). The Balaban J connectivity index is 1.72. The van der Waals surface area contributed by atoms with Gasteiger partial charge in [0.05, 0.1) is 30.4 Å². The molecule has 0 bridgehead atoms. The molecular formula is C13H16N4O2S. The van der Waals surface area contributed by atoms with E-state index in [1.54, 1.807) is 12.4 Å². The minimum absolute atomic E-state index is 0.151. The number of nitrogens with one attached hydrogen (secondary N) is 1. The van der Waals surface area contributed by atoms with Gasteiger partial charge in [-0.05, 0) is 18.3 Å². The van der Waals surface area contributed by atoms with Gasteiger partial charge in [-0.15, -0.1) is 0 Å². The number of hydrogen-bond acceptors (Lipinski definition) is 4. The van der Waals surface area contributed by atoms with Crippen LogP contribution in [0.2, 0.25) is 0 Å². The normalized spacial score (nSPS) is 15.7. The van der Waals surface area contributed by atoms with Gasteiger partial charge in [0, 0.05) is 32.3 Å². The topological polar surface area (TPSA) is 63.2 Å². The van der Waals surface area contributed by atoms with E-state index in [2.05, 4.69) is 9.97 Å². The first kappa shape index (κ1) is 13.3. The molecule has 106 valence electrons. The fourth-order valence-corrected chi connectivity index (χ4v) is 2.71. The summed E-state index contributed by atoms with van der Waals surface area (Å²) in [6, 6.07) is 1.90. The zero-order chi connectivity index (χ0) is 13.9. The van der Waals surface area contributed by atoms with Gasteiger partial charge < -0.3 is 19.2 Å². The van der Waals surface area contributed by atoms with Crippen molar-refractivity contribution in [2.45, 2.75) is 13.0 Å². The molecule has 1 amide bonds. The van der Waals surface area contributed by atoms with Crippen LogP contribution >= 0.6 is 12.2 Å². The van der Waals surface area contributed by atoms with Gasteiger partial charge in [-0.2, -0.15) is 0 Å². The van der Waals surface area contributed by atoms with Crippen molar-refractivity contribution in [2.24, 2.45) is 0 Å². The lowest BCUT2D eigenvalue weighted by atomic mass is 10.3. The van der Waals surface area contributed by atoms with Gasteiger partial charge >= 0.3 is 0 Å². The average molecular weight is 292 g/mol. The highest BCUT2D eigenvalue weighted by Gasteiger charge is 2.17. The van der Waals surface area contributed by atoms with E-state index in [0.29, 0.717) is 44.0 Å². The molecule has 1 saturated heterocycles. The number of aromatic nitrogens is 3. The Bertz CT molecular complexity index is 672. The Hall–Kier alpha value is -1.73. The predicted octanol–water partition coefficient (Wildman–Crippen LogP) is 1.34. The molecule has 0 radical (unpaired) electrons. The van der Waals surface area contributed by atoms with E-state index < -0.39 is 0 Å². The van der Waals surface area contributed by atoms with E-state index in [1.165, 1.54) is 0 Å². The summed E-state index contributed by atoms with van der Waals surface area (Å²) >= 11 is 5.30. The highest BCUT2D eigenvalue weighted by molar-refractivity contribution is 7.71. The van der Waals surface area contributed by atoms with E-state index in [1.807, 2.05) is 15.5 Å². The maximum atomic E-state index is 12.1. The molecule has 3 heterocycles. The number of hydrogen-bond donors (Lipinski definition) is 1. The van der Waals surface area contributed by atoms with Crippen LogP contribution in [0.15, 0.2) is 18.5 Å². The van der Waals surface area contributed by atoms with Crippen molar-refractivity contribution < 1.29 is 9.53 Å². The quantitative estimate of drug-likeness (QED) is 0.867. The summed E-state index contributed by atoms with van der Waals surface area (Å²) in [5.74, 6) is 0.151. The van der Waals surface area contributed by atoms with E-state index in [-0.39, 0.29) is 5.91 Å². The van der Waals surface area contributed by atoms with E-state index in [4.69, 9.17) is 17.0 Å². The Labute approximate surface area is 121 Å². The van der Waals surface area contributed by atoms with Gasteiger partial charge in [0.15, 0.2) is 4.77 Å². The van der Waals surface area contributed by atoms with Crippen molar-refractivity contribution in [3.8, 4) is 0 Å². The predicted molar refractivity (Wildman–Crippen MR) is 76.9 cm³/mol. The Morgan fingerprint density at radius 1 is 1.45 bits per heavy atom. The van der Waals surface area contributed by atoms with E-state index >= 15 is 0 Å². The number of nitrogens with zero attached hydrogens (tertiary/aromatic N) is 3. The average Bonchev–Trinajstić information content (AvgIpc) is 2.81. The number of pyridine rings is 1. The third-order valence-corrected chi connectivity index (χ3v) is 3.81. The Morgan fingerprint density at radius 3 is 3.05 bits per heavy atom. The van der Waals surface area contributed by atoms with E-state index in [9.17, 15) is 4.79 Å². The summed E-state index contributed by atoms with van der Waals surface area (Å²) in [5, 5.41) is 0. The van der Waals surface area contributed by atoms with Crippen LogP contribution < -0.4 is 0 Å². The second kappa shape index (κ2) is 5.72. The van der Waals surface area contributed by atoms with Gasteiger partial charge in [0.25, 0.3) is 0 Å². The number of ether oxygens (including phenoxy) is 1. The lowest BCUT2D eigenvalue weighted by Crippen LogP contribution is -2.40. The number of rotatable bonds is 3. The zero-order valence-electron chi connectivity index (χ0n) is 11.0. The molecule has 3 rings (SSSR count). The fourth-order valence-electron chi connectivity index (χ4n) is 2.41. The summed E-state index contributed by atoms with van der Waals surface area (Å²) in [4.78, 5) is 21.1. The van der Waals surface area contributed by atoms with Crippen LogP contribution in [0.1, 0.15) is 6.42 Å². The number of aryl methyl sites for hydroxylation is 1. The van der Waals surface area contributed by atoms with Crippen molar-refractivity contribution in [1.29, 1.82) is 0 Å². The largest absolute Gasteiger partial charge is 0.378 e. The van der Waals surface area contributed by atoms with Crippen LogP contribution in [0.3, 0.4) is 0 Å². The molecule has 0 aliphatic carbocycles. The van der Waals surface area contributed by atoms with Crippen molar-refractivity contribution in [3.63, 3.8) is 0 Å². The first-order chi connectivity index (χ1) is 9.75. The van der Waals surface area contributed by atoms with Crippen LogP contribution in [-0.2, 0) is 16.1 Å². The molecule has 1 aliphatic rings. The third-order valence-electron chi connectivity index (χ3n) is 3.49. The van der Waals surface area contributed by atoms with Crippen LogP contribution in [-0.4, -0.2) is 51.6 Å². The number of aromatic amines is 1. The lowest BCUT2D eigenvalue weighted by Gasteiger charge is -2.26. The minimum Gasteiger partial charge on any atom is -0.378 e. The molecular weight excluding hydrogens is 276 g/mol. The molecule has 0 saturated carbocycles. The molecule has 1 aliphatic heterocycles. The smallest absolute Gasteiger partial charge is 0.224 e. The number of imidazole rings is 1. The second-order valence-electron chi connectivity index (χ2n) is 4.72. The SMILES string of the molecule is O=C(CCn1c(=S)[nH]c2cnccc21)N1CCOCC1. The highest BCUT2D eigenvalue weighted by Crippen LogP contribution is 2.13. The van der Waals surface area contributed by atoms with Crippen molar-refractivity contribution in [3.05, 3.63) is 23.2 Å². The zero-order valence-corrected chi connectivity index (χ0v) is 11.9. The maximum Gasteiger partial charge on any atom is 0.224 e. The Kier molecular flexibility index (Phi) is 3.79. The summed E-state index contributed by atoms with van der Waals surface area (Å²) in [5.41, 5.74) is 1.89. The first-order valence-electron chi connectivity index (χ1n) is 6.64. The van der Waals surface area contributed by atoms with Gasteiger partial charge in [-0.25, -0.2) is 0 Å². The van der Waals surface area contributed by atoms with Gasteiger partial charge in [-0.1, -0.05) is 0 Å². The second-order valence-corrected chi connectivity index (χ2v) is 5.10. The molecule has 1 fully saturated rings. The summed E-state index contributed by atoms with van der Waals surface area (Å²) < 4.78 is 7.83. The van der Waals surface area contributed by atoms with Crippen LogP contribution in [0.25, 0.3) is 11.0 Å². The number of morpholine rings is 1. The maximum absolute atomic E-state index is 12.1. The fraction of sp³-hybridized carbons (Fsp3) is 0.462. The first-order valence-corrected chi connectivity index (χ1v) is 7.04. The van der Waals surface area contributed by atoms with Gasteiger partial charge in [-0.3, -0.25) is 9.78 Å². The lowest BCUT2D eigenvalue weighted by molar-refractivity contribution is -0.135. The molecule has 20 heavy (non-hydrogen) atoms. The molecule has 0 aromatic carbocycles. The molecule has 7 heteroatoms. The van der Waals surface area contributed by atoms with Crippen molar-refractivity contribution >= 4 is 29.2 Å². The van der Waals surface area contributed by atoms with E-state index in [0.717, 1.165) is 11.0 Å². The van der Waals surface area contributed by atoms with Crippen LogP contribution in [0, 0.1) is 4.77 Å². The summed E-state index contributed by atoms with van der Waals surface area (Å²) in [6.45, 7) is 3.21. The molecule has 0 atom stereocenters. The molecule has 6 nitrogen and oxygen atoms in total. The number of H-pyrrole nitrogens is 1. The Morgan fingerprint density at radius 2 is 2.25 bits per heavy atom. The molecule has 0 unspecified atom stereocenters. The minimum atomic E-state index is 0.151. The molecule has 0 spiro atoms. The monoisotopic (exact) mass is 292 g/mol. The van der Waals surface area contributed by atoms with Crippen molar-refractivity contribution in [2.75, 3.05) is 26.3 Å². The molecule has 2 aromatic heterocycles. The number of fused-ring (bicyclic) bond motifs is 1. The van der Waals surface area contributed by atoms with Crippen LogP contribution in [0.4, 0.5) is 0 Å². The van der Waals surface area contributed by atoms with Gasteiger partial charge in [0.2, 0.25) is 5.91 Å². The number of amides is 1. The van der Waals surface area contributed by atoms with Crippen molar-refractivity contribution in [1.82, 2.24) is 19.4 Å². The summed E-state index contributed by atoms with van der Waals surface area (Å²) in [7, 11) is 0. The van der Waals surface area contributed by atoms with Crippen LogP contribution in [0.5, 0.6) is 0 Å². The molecule has 1 N–H and O–H groups in total. The molecule has 2 aromatic rings. The van der Waals surface area contributed by atoms with Gasteiger partial charge in [0.1, 0.15) is 0 Å². The number of carbonyl (C=O) groups excluding carboxylic acids is 1.